The predicted octanol–water partition coefficient (Wildman–Crippen LogP) is 2.80. The molecule has 3 aromatic heterocycles. The second kappa shape index (κ2) is 3.57. The first kappa shape index (κ1) is 9.80. The highest BCUT2D eigenvalue weighted by atomic mass is 79.9. The van der Waals surface area contributed by atoms with Crippen molar-refractivity contribution in [1.29, 1.82) is 0 Å². The SMILES string of the molecule is Clc1cncc2nnc(-c3ccoc3Br)n12. The molecule has 0 spiro atoms. The van der Waals surface area contributed by atoms with E-state index in [0.29, 0.717) is 21.3 Å². The minimum absolute atomic E-state index is 0.450. The Bertz CT molecular complexity index is 662. The summed E-state index contributed by atoms with van der Waals surface area (Å²) in [6, 6.07) is 1.79. The van der Waals surface area contributed by atoms with E-state index < -0.39 is 0 Å². The van der Waals surface area contributed by atoms with E-state index in [1.165, 1.54) is 6.20 Å². The van der Waals surface area contributed by atoms with Gasteiger partial charge in [-0.25, -0.2) is 0 Å². The van der Waals surface area contributed by atoms with Gasteiger partial charge in [0.05, 0.1) is 24.2 Å². The third-order valence-corrected chi connectivity index (χ3v) is 3.01. The molecule has 0 amide bonds. The van der Waals surface area contributed by atoms with E-state index in [1.54, 1.807) is 22.9 Å². The van der Waals surface area contributed by atoms with E-state index in [0.717, 1.165) is 5.56 Å². The molecule has 0 aliphatic carbocycles. The zero-order chi connectivity index (χ0) is 11.1. The molecule has 0 aliphatic rings. The number of aromatic nitrogens is 4. The molecule has 0 unspecified atom stereocenters. The molecule has 0 saturated heterocycles. The highest BCUT2D eigenvalue weighted by Gasteiger charge is 2.15. The number of furan rings is 1. The molecule has 16 heavy (non-hydrogen) atoms. The van der Waals surface area contributed by atoms with E-state index in [4.69, 9.17) is 16.0 Å². The fraction of sp³-hybridized carbons (Fsp3) is 0. The van der Waals surface area contributed by atoms with Gasteiger partial charge in [0.25, 0.3) is 0 Å². The summed E-state index contributed by atoms with van der Waals surface area (Å²) < 4.78 is 7.44. The maximum Gasteiger partial charge on any atom is 0.180 e. The fourth-order valence-electron chi connectivity index (χ4n) is 1.44. The normalized spacial score (nSPS) is 11.1. The largest absolute Gasteiger partial charge is 0.457 e. The molecule has 80 valence electrons. The minimum Gasteiger partial charge on any atom is -0.457 e. The van der Waals surface area contributed by atoms with Gasteiger partial charge in [-0.1, -0.05) is 11.6 Å². The lowest BCUT2D eigenvalue weighted by Gasteiger charge is -1.99. The van der Waals surface area contributed by atoms with Crippen LogP contribution in [0.15, 0.2) is 33.8 Å². The average molecular weight is 300 g/mol. The van der Waals surface area contributed by atoms with Crippen molar-refractivity contribution in [3.05, 3.63) is 34.5 Å². The van der Waals surface area contributed by atoms with Gasteiger partial charge in [-0.3, -0.25) is 9.38 Å². The van der Waals surface area contributed by atoms with E-state index >= 15 is 0 Å². The first-order valence-electron chi connectivity index (χ1n) is 4.35. The number of hydrogen-bond acceptors (Lipinski definition) is 4. The Hall–Kier alpha value is -1.40. The average Bonchev–Trinajstić information content (AvgIpc) is 2.84. The molecule has 0 atom stereocenters. The zero-order valence-electron chi connectivity index (χ0n) is 7.76. The molecule has 0 radical (unpaired) electrons. The molecule has 0 N–H and O–H groups in total. The van der Waals surface area contributed by atoms with Crippen LogP contribution in [0.3, 0.4) is 0 Å². The Morgan fingerprint density at radius 1 is 1.31 bits per heavy atom. The third-order valence-electron chi connectivity index (χ3n) is 2.13. The Morgan fingerprint density at radius 3 is 2.94 bits per heavy atom. The van der Waals surface area contributed by atoms with Crippen LogP contribution in [0, 0.1) is 0 Å². The van der Waals surface area contributed by atoms with Crippen LogP contribution in [-0.2, 0) is 0 Å². The van der Waals surface area contributed by atoms with Crippen LogP contribution in [0.1, 0.15) is 0 Å². The lowest BCUT2D eigenvalue weighted by atomic mass is 10.3. The maximum atomic E-state index is 6.05. The van der Waals surface area contributed by atoms with Crippen molar-refractivity contribution in [2.45, 2.75) is 0 Å². The van der Waals surface area contributed by atoms with Crippen LogP contribution >= 0.6 is 27.5 Å². The number of nitrogens with zero attached hydrogens (tertiary/aromatic N) is 4. The van der Waals surface area contributed by atoms with Crippen LogP contribution in [-0.4, -0.2) is 19.6 Å². The van der Waals surface area contributed by atoms with Gasteiger partial charge in [-0.2, -0.15) is 0 Å². The first-order chi connectivity index (χ1) is 7.77. The number of fused-ring (bicyclic) bond motifs is 1. The second-order valence-corrected chi connectivity index (χ2v) is 4.16. The van der Waals surface area contributed by atoms with Crippen molar-refractivity contribution >= 4 is 33.2 Å². The van der Waals surface area contributed by atoms with Crippen LogP contribution in [0.25, 0.3) is 17.0 Å². The van der Waals surface area contributed by atoms with E-state index in [9.17, 15) is 0 Å². The fourth-order valence-corrected chi connectivity index (χ4v) is 2.08. The predicted molar refractivity (Wildman–Crippen MR) is 61.2 cm³/mol. The number of rotatable bonds is 1. The Balaban J connectivity index is 2.37. The van der Waals surface area contributed by atoms with Crippen LogP contribution in [0.4, 0.5) is 0 Å². The van der Waals surface area contributed by atoms with Crippen molar-refractivity contribution in [3.8, 4) is 11.4 Å². The zero-order valence-corrected chi connectivity index (χ0v) is 10.1. The Labute approximate surface area is 103 Å². The smallest absolute Gasteiger partial charge is 0.180 e. The summed E-state index contributed by atoms with van der Waals surface area (Å²) in [6.07, 6.45) is 4.70. The summed E-state index contributed by atoms with van der Waals surface area (Å²) in [7, 11) is 0. The van der Waals surface area contributed by atoms with Crippen LogP contribution in [0.2, 0.25) is 5.15 Å². The molecule has 0 bridgehead atoms. The second-order valence-electron chi connectivity index (χ2n) is 3.06. The lowest BCUT2D eigenvalue weighted by Crippen LogP contribution is -1.91. The van der Waals surface area contributed by atoms with Crippen LogP contribution < -0.4 is 0 Å². The third kappa shape index (κ3) is 1.34. The molecule has 0 aliphatic heterocycles. The van der Waals surface area contributed by atoms with Crippen molar-refractivity contribution in [2.24, 2.45) is 0 Å². The van der Waals surface area contributed by atoms with Gasteiger partial charge in [0.2, 0.25) is 0 Å². The molecule has 0 aromatic carbocycles. The summed E-state index contributed by atoms with van der Waals surface area (Å²) in [5, 5.41) is 8.49. The summed E-state index contributed by atoms with van der Waals surface area (Å²) in [6.45, 7) is 0. The molecule has 3 rings (SSSR count). The monoisotopic (exact) mass is 298 g/mol. The quantitative estimate of drug-likeness (QED) is 0.693. The van der Waals surface area contributed by atoms with Crippen molar-refractivity contribution in [3.63, 3.8) is 0 Å². The van der Waals surface area contributed by atoms with Crippen molar-refractivity contribution in [1.82, 2.24) is 19.6 Å². The van der Waals surface area contributed by atoms with E-state index in [2.05, 4.69) is 31.1 Å². The summed E-state index contributed by atoms with van der Waals surface area (Å²) in [4.78, 5) is 3.94. The molecule has 7 heteroatoms. The molecular weight excluding hydrogens is 295 g/mol. The van der Waals surface area contributed by atoms with E-state index in [1.807, 2.05) is 0 Å². The van der Waals surface area contributed by atoms with Crippen LogP contribution in [0.5, 0.6) is 0 Å². The number of hydrogen-bond donors (Lipinski definition) is 0. The molecule has 0 saturated carbocycles. The summed E-state index contributed by atoms with van der Waals surface area (Å²) >= 11 is 9.34. The Kier molecular flexibility index (Phi) is 2.19. The highest BCUT2D eigenvalue weighted by Crippen LogP contribution is 2.29. The van der Waals surface area contributed by atoms with Gasteiger partial charge in [0.1, 0.15) is 5.15 Å². The van der Waals surface area contributed by atoms with Gasteiger partial charge in [0, 0.05) is 0 Å². The Morgan fingerprint density at radius 2 is 2.19 bits per heavy atom. The summed E-state index contributed by atoms with van der Waals surface area (Å²) in [5.41, 5.74) is 1.39. The van der Waals surface area contributed by atoms with E-state index in [-0.39, 0.29) is 0 Å². The molecule has 3 heterocycles. The maximum absolute atomic E-state index is 6.05. The topological polar surface area (TPSA) is 56.2 Å². The standard InChI is InChI=1S/C9H4BrClN4O/c10-8-5(1-2-16-8)9-14-13-7-4-12-3-6(11)15(7)9/h1-4H. The molecule has 3 aromatic rings. The molecule has 0 fully saturated rings. The summed E-state index contributed by atoms with van der Waals surface area (Å²) in [5.74, 6) is 0.614. The lowest BCUT2D eigenvalue weighted by molar-refractivity contribution is 0.542. The van der Waals surface area contributed by atoms with Gasteiger partial charge < -0.3 is 4.42 Å². The molecular formula is C9H4BrClN4O. The first-order valence-corrected chi connectivity index (χ1v) is 5.52. The number of halogens is 2. The van der Waals surface area contributed by atoms with Crippen molar-refractivity contribution < 1.29 is 4.42 Å². The van der Waals surface area contributed by atoms with Crippen molar-refractivity contribution in [2.75, 3.05) is 0 Å². The van der Waals surface area contributed by atoms with Gasteiger partial charge in [-0.15, -0.1) is 10.2 Å². The van der Waals surface area contributed by atoms with Gasteiger partial charge in [0.15, 0.2) is 16.1 Å². The molecule has 5 nitrogen and oxygen atoms in total. The van der Waals surface area contributed by atoms with Gasteiger partial charge >= 0.3 is 0 Å². The minimum atomic E-state index is 0.450. The highest BCUT2D eigenvalue weighted by molar-refractivity contribution is 9.10. The van der Waals surface area contributed by atoms with Gasteiger partial charge in [-0.05, 0) is 22.0 Å².